The number of halogens is 2. The number of hydrogen-bond donors (Lipinski definition) is 0. The number of alkyl halides is 2. The van der Waals surface area contributed by atoms with Crippen molar-refractivity contribution in [2.45, 2.75) is 45.8 Å². The molecule has 0 spiro atoms. The van der Waals surface area contributed by atoms with Gasteiger partial charge in [0, 0.05) is 48.3 Å². The number of amides is 1. The largest absolute Gasteiger partial charge is 0.435 e. The van der Waals surface area contributed by atoms with E-state index in [1.54, 1.807) is 12.1 Å². The average Bonchev–Trinajstić information content (AvgIpc) is 3.27. The van der Waals surface area contributed by atoms with Gasteiger partial charge in [0.1, 0.15) is 11.8 Å². The van der Waals surface area contributed by atoms with Crippen LogP contribution < -0.4 is 4.74 Å². The Morgan fingerprint density at radius 1 is 1.37 bits per heavy atom. The molecule has 2 aromatic rings. The second kappa shape index (κ2) is 7.94. The molecule has 2 heterocycles. The van der Waals surface area contributed by atoms with Crippen LogP contribution in [-0.2, 0) is 11.3 Å². The Balaban J connectivity index is 1.77. The minimum Gasteiger partial charge on any atom is -0.435 e. The number of nitrogens with zero attached hydrogens (tertiary/aromatic N) is 3. The summed E-state index contributed by atoms with van der Waals surface area (Å²) in [5, 5.41) is 10.6. The number of carbonyl (C=O) groups excluding carboxylic acids is 1. The summed E-state index contributed by atoms with van der Waals surface area (Å²) in [4.78, 5) is 13.9. The number of allylic oxidation sites excluding steroid dienone is 3. The normalized spacial score (nSPS) is 21.4. The molecular weight excluding hydrogens is 388 g/mol. The Hall–Kier alpha value is -3.14. The fourth-order valence-electron chi connectivity index (χ4n) is 4.58. The molecule has 4 rings (SSSR count). The number of rotatable bonds is 5. The van der Waals surface area contributed by atoms with E-state index in [1.165, 1.54) is 6.07 Å². The highest BCUT2D eigenvalue weighted by molar-refractivity contribution is 5.89. The van der Waals surface area contributed by atoms with Crippen molar-refractivity contribution in [1.82, 2.24) is 9.47 Å². The first-order chi connectivity index (χ1) is 14.4. The van der Waals surface area contributed by atoms with Gasteiger partial charge in [-0.3, -0.25) is 4.79 Å². The Labute approximate surface area is 173 Å². The molecule has 2 aliphatic rings. The number of carbonyl (C=O) groups is 1. The van der Waals surface area contributed by atoms with Crippen LogP contribution in [0.1, 0.15) is 43.9 Å². The molecule has 30 heavy (non-hydrogen) atoms. The Kier molecular flexibility index (Phi) is 5.33. The van der Waals surface area contributed by atoms with Crippen LogP contribution in [0.4, 0.5) is 8.78 Å². The van der Waals surface area contributed by atoms with Gasteiger partial charge in [0.05, 0.1) is 11.1 Å². The van der Waals surface area contributed by atoms with E-state index in [2.05, 4.69) is 23.8 Å². The molecule has 5 nitrogen and oxygen atoms in total. The van der Waals surface area contributed by atoms with Crippen molar-refractivity contribution in [2.75, 3.05) is 6.54 Å². The molecule has 1 aliphatic heterocycles. The van der Waals surface area contributed by atoms with Crippen molar-refractivity contribution >= 4 is 16.8 Å². The first kappa shape index (κ1) is 20.1. The van der Waals surface area contributed by atoms with Gasteiger partial charge in [-0.15, -0.1) is 0 Å². The van der Waals surface area contributed by atoms with Crippen LogP contribution >= 0.6 is 0 Å². The topological polar surface area (TPSA) is 58.3 Å². The Morgan fingerprint density at radius 2 is 2.17 bits per heavy atom. The average molecular weight is 411 g/mol. The molecule has 2 atom stereocenters. The molecule has 0 radical (unpaired) electrons. The minimum absolute atomic E-state index is 0.0621. The predicted molar refractivity (Wildman–Crippen MR) is 109 cm³/mol. The SMILES string of the molecule is CCn1c(C2C=CC(N3CCCC3=O)=CC2C)c(C#N)c2ccc(OC(F)F)cc21. The van der Waals surface area contributed by atoms with Gasteiger partial charge in [0.25, 0.3) is 0 Å². The van der Waals surface area contributed by atoms with Gasteiger partial charge in [-0.1, -0.05) is 19.1 Å². The van der Waals surface area contributed by atoms with Crippen molar-refractivity contribution in [2.24, 2.45) is 5.92 Å². The maximum absolute atomic E-state index is 12.7. The summed E-state index contributed by atoms with van der Waals surface area (Å²) in [6.07, 6.45) is 7.53. The van der Waals surface area contributed by atoms with E-state index >= 15 is 0 Å². The third-order valence-corrected chi connectivity index (χ3v) is 5.90. The molecule has 1 aliphatic carbocycles. The lowest BCUT2D eigenvalue weighted by Gasteiger charge is -2.28. The van der Waals surface area contributed by atoms with Crippen LogP contribution in [-0.4, -0.2) is 28.5 Å². The van der Waals surface area contributed by atoms with E-state index in [9.17, 15) is 18.8 Å². The molecule has 1 saturated heterocycles. The van der Waals surface area contributed by atoms with Crippen LogP contribution in [0.3, 0.4) is 0 Å². The number of nitriles is 1. The summed E-state index contributed by atoms with van der Waals surface area (Å²) in [7, 11) is 0. The first-order valence-electron chi connectivity index (χ1n) is 10.2. The van der Waals surface area contributed by atoms with Crippen LogP contribution in [0.25, 0.3) is 10.9 Å². The van der Waals surface area contributed by atoms with Crippen molar-refractivity contribution in [3.05, 3.63) is 53.4 Å². The van der Waals surface area contributed by atoms with Gasteiger partial charge < -0.3 is 14.2 Å². The summed E-state index contributed by atoms with van der Waals surface area (Å²) in [5.41, 5.74) is 3.01. The van der Waals surface area contributed by atoms with Crippen LogP contribution in [0.5, 0.6) is 5.75 Å². The zero-order valence-electron chi connectivity index (χ0n) is 16.9. The highest BCUT2D eigenvalue weighted by Gasteiger charge is 2.30. The summed E-state index contributed by atoms with van der Waals surface area (Å²) < 4.78 is 31.9. The fourth-order valence-corrected chi connectivity index (χ4v) is 4.58. The van der Waals surface area contributed by atoms with Crippen LogP contribution in [0.15, 0.2) is 42.1 Å². The van der Waals surface area contributed by atoms with Crippen molar-refractivity contribution < 1.29 is 18.3 Å². The Bertz CT molecular complexity index is 1090. The number of aromatic nitrogens is 1. The second-order valence-corrected chi connectivity index (χ2v) is 7.66. The van der Waals surface area contributed by atoms with Gasteiger partial charge >= 0.3 is 6.61 Å². The minimum atomic E-state index is -2.90. The third kappa shape index (κ3) is 3.36. The zero-order chi connectivity index (χ0) is 21.4. The number of likely N-dealkylation sites (tertiary alicyclic amines) is 1. The molecule has 1 aromatic carbocycles. The van der Waals surface area contributed by atoms with Crippen molar-refractivity contribution in [3.63, 3.8) is 0 Å². The smallest absolute Gasteiger partial charge is 0.387 e. The standard InChI is InChI=1S/C23H23F2N3O2/c1-3-27-20-12-16(30-23(24)25)7-9-18(20)19(13-26)22(27)17-8-6-15(11-14(17)2)28-10-4-5-21(28)29/h6-9,11-12,14,17,23H,3-5,10H2,1-2H3. The Morgan fingerprint density at radius 3 is 2.77 bits per heavy atom. The van der Waals surface area contributed by atoms with Crippen LogP contribution in [0.2, 0.25) is 0 Å². The first-order valence-corrected chi connectivity index (χ1v) is 10.2. The lowest BCUT2D eigenvalue weighted by Crippen LogP contribution is -2.26. The lowest BCUT2D eigenvalue weighted by molar-refractivity contribution is -0.125. The monoisotopic (exact) mass is 411 g/mol. The third-order valence-electron chi connectivity index (χ3n) is 5.90. The molecule has 2 unspecified atom stereocenters. The van der Waals surface area contributed by atoms with Crippen molar-refractivity contribution in [1.29, 1.82) is 5.26 Å². The quantitative estimate of drug-likeness (QED) is 0.701. The summed E-state index contributed by atoms with van der Waals surface area (Å²) in [5.74, 6) is 0.219. The molecule has 0 N–H and O–H groups in total. The van der Waals surface area contributed by atoms with Gasteiger partial charge in [-0.05, 0) is 37.5 Å². The van der Waals surface area contributed by atoms with Gasteiger partial charge in [-0.2, -0.15) is 14.0 Å². The maximum Gasteiger partial charge on any atom is 0.387 e. The molecule has 7 heteroatoms. The molecular formula is C23H23F2N3O2. The van der Waals surface area contributed by atoms with Crippen LogP contribution in [0, 0.1) is 17.2 Å². The summed E-state index contributed by atoms with van der Waals surface area (Å²) in [6, 6.07) is 7.02. The number of benzene rings is 1. The number of aryl methyl sites for hydroxylation is 1. The van der Waals surface area contributed by atoms with E-state index in [0.29, 0.717) is 24.0 Å². The lowest BCUT2D eigenvalue weighted by atomic mass is 9.84. The number of ether oxygens (including phenoxy) is 1. The van der Waals surface area contributed by atoms with E-state index in [0.717, 1.165) is 29.7 Å². The van der Waals surface area contributed by atoms with E-state index < -0.39 is 6.61 Å². The molecule has 1 aromatic heterocycles. The van der Waals surface area contributed by atoms with E-state index in [-0.39, 0.29) is 23.5 Å². The highest BCUT2D eigenvalue weighted by atomic mass is 19.3. The molecule has 1 amide bonds. The highest BCUT2D eigenvalue weighted by Crippen LogP contribution is 2.40. The fraction of sp³-hybridized carbons (Fsp3) is 0.391. The van der Waals surface area contributed by atoms with Crippen molar-refractivity contribution in [3.8, 4) is 11.8 Å². The molecule has 156 valence electrons. The summed E-state index contributed by atoms with van der Waals surface area (Å²) >= 11 is 0. The number of hydrogen-bond acceptors (Lipinski definition) is 3. The summed E-state index contributed by atoms with van der Waals surface area (Å²) in [6.45, 7) is 2.45. The van der Waals surface area contributed by atoms with E-state index in [1.807, 2.05) is 28.5 Å². The molecule has 0 bridgehead atoms. The van der Waals surface area contributed by atoms with Gasteiger partial charge in [0.2, 0.25) is 5.91 Å². The van der Waals surface area contributed by atoms with Gasteiger partial charge in [-0.25, -0.2) is 0 Å². The predicted octanol–water partition coefficient (Wildman–Crippen LogP) is 4.93. The zero-order valence-corrected chi connectivity index (χ0v) is 16.9. The second-order valence-electron chi connectivity index (χ2n) is 7.66. The molecule has 1 fully saturated rings. The molecule has 0 saturated carbocycles. The van der Waals surface area contributed by atoms with Gasteiger partial charge in [0.15, 0.2) is 0 Å². The maximum atomic E-state index is 12.7. The van der Waals surface area contributed by atoms with E-state index in [4.69, 9.17) is 0 Å². The number of fused-ring (bicyclic) bond motifs is 1.